The van der Waals surface area contributed by atoms with Gasteiger partial charge < -0.3 is 19.3 Å². The molecule has 0 aromatic heterocycles. The molecular formula is C21H25NO4. The summed E-state index contributed by atoms with van der Waals surface area (Å²) in [6.07, 6.45) is 0.396. The lowest BCUT2D eigenvalue weighted by molar-refractivity contribution is -0.0298. The molecule has 1 N–H and O–H groups in total. The molecule has 2 aliphatic rings. The van der Waals surface area contributed by atoms with Crippen LogP contribution in [0.1, 0.15) is 11.1 Å². The van der Waals surface area contributed by atoms with Gasteiger partial charge in [0, 0.05) is 19.6 Å². The average molecular weight is 355 g/mol. The zero-order valence-electron chi connectivity index (χ0n) is 14.8. The van der Waals surface area contributed by atoms with Gasteiger partial charge in [-0.05, 0) is 29.7 Å². The van der Waals surface area contributed by atoms with Gasteiger partial charge in [0.2, 0.25) is 0 Å². The van der Waals surface area contributed by atoms with Gasteiger partial charge in [-0.2, -0.15) is 0 Å². The van der Waals surface area contributed by atoms with Gasteiger partial charge in [0.1, 0.15) is 6.61 Å². The summed E-state index contributed by atoms with van der Waals surface area (Å²) in [5.74, 6) is 1.52. The third kappa shape index (κ3) is 4.18. The summed E-state index contributed by atoms with van der Waals surface area (Å²) in [4.78, 5) is 2.28. The molecule has 0 unspecified atom stereocenters. The first-order chi connectivity index (χ1) is 12.8. The first-order valence-corrected chi connectivity index (χ1v) is 9.21. The summed E-state index contributed by atoms with van der Waals surface area (Å²) in [5, 5.41) is 10.3. The van der Waals surface area contributed by atoms with Gasteiger partial charge in [-0.25, -0.2) is 0 Å². The van der Waals surface area contributed by atoms with E-state index < -0.39 is 6.10 Å². The number of ether oxygens (including phenoxy) is 3. The molecule has 2 heterocycles. The Morgan fingerprint density at radius 2 is 1.85 bits per heavy atom. The maximum Gasteiger partial charge on any atom is 0.161 e. The van der Waals surface area contributed by atoms with Gasteiger partial charge in [-0.1, -0.05) is 36.4 Å². The van der Waals surface area contributed by atoms with E-state index in [2.05, 4.69) is 29.2 Å². The highest BCUT2D eigenvalue weighted by Gasteiger charge is 2.22. The first kappa shape index (κ1) is 17.3. The van der Waals surface area contributed by atoms with Crippen molar-refractivity contribution in [2.75, 3.05) is 32.9 Å². The maximum absolute atomic E-state index is 10.3. The number of hydrogen-bond acceptors (Lipinski definition) is 5. The summed E-state index contributed by atoms with van der Waals surface area (Å²) in [7, 11) is 0. The van der Waals surface area contributed by atoms with Crippen LogP contribution < -0.4 is 9.47 Å². The Morgan fingerprint density at radius 3 is 2.73 bits per heavy atom. The lowest BCUT2D eigenvalue weighted by Gasteiger charge is -2.30. The molecule has 0 fully saturated rings. The van der Waals surface area contributed by atoms with E-state index in [1.807, 2.05) is 24.3 Å². The molecule has 26 heavy (non-hydrogen) atoms. The topological polar surface area (TPSA) is 51.2 Å². The SMILES string of the molecule is O[C@H](COC[C@H]1COc2ccccc2O1)CN1CCc2ccccc2C1. The minimum absolute atomic E-state index is 0.140. The van der Waals surface area contributed by atoms with Crippen LogP contribution in [0.5, 0.6) is 11.5 Å². The van der Waals surface area contributed by atoms with Gasteiger partial charge in [0.15, 0.2) is 17.6 Å². The van der Waals surface area contributed by atoms with Gasteiger partial charge in [-0.3, -0.25) is 4.90 Å². The molecule has 2 aromatic carbocycles. The van der Waals surface area contributed by atoms with E-state index in [4.69, 9.17) is 14.2 Å². The largest absolute Gasteiger partial charge is 0.486 e. The van der Waals surface area contributed by atoms with Crippen molar-refractivity contribution in [3.63, 3.8) is 0 Å². The molecule has 0 amide bonds. The standard InChI is InChI=1S/C21H25NO4/c23-18(12-22-10-9-16-5-1-2-6-17(16)11-22)13-24-14-19-15-25-20-7-3-4-8-21(20)26-19/h1-8,18-19,23H,9-15H2/t18-,19-/m0/s1. The Kier molecular flexibility index (Phi) is 5.39. The number of aliphatic hydroxyl groups is 1. The molecule has 138 valence electrons. The molecule has 2 atom stereocenters. The summed E-state index contributed by atoms with van der Waals surface area (Å²) < 4.78 is 17.2. The third-order valence-electron chi connectivity index (χ3n) is 4.86. The lowest BCUT2D eigenvalue weighted by atomic mass is 10.00. The molecule has 0 bridgehead atoms. The monoisotopic (exact) mass is 355 g/mol. The number of benzene rings is 2. The molecule has 0 saturated heterocycles. The van der Waals surface area contributed by atoms with E-state index >= 15 is 0 Å². The van der Waals surface area contributed by atoms with Crippen LogP contribution in [0, 0.1) is 0 Å². The van der Waals surface area contributed by atoms with Crippen molar-refractivity contribution in [1.29, 1.82) is 0 Å². The summed E-state index contributed by atoms with van der Waals surface area (Å²) in [5.41, 5.74) is 2.78. The van der Waals surface area contributed by atoms with Crippen LogP contribution in [0.2, 0.25) is 0 Å². The van der Waals surface area contributed by atoms with Crippen molar-refractivity contribution >= 4 is 0 Å². The predicted molar refractivity (Wildman–Crippen MR) is 98.6 cm³/mol. The summed E-state index contributed by atoms with van der Waals surface area (Å²) in [6.45, 7) is 3.68. The zero-order valence-corrected chi connectivity index (χ0v) is 14.8. The highest BCUT2D eigenvalue weighted by molar-refractivity contribution is 5.40. The van der Waals surface area contributed by atoms with Crippen LogP contribution in [0.15, 0.2) is 48.5 Å². The smallest absolute Gasteiger partial charge is 0.161 e. The van der Waals surface area contributed by atoms with Gasteiger partial charge >= 0.3 is 0 Å². The van der Waals surface area contributed by atoms with Crippen molar-refractivity contribution < 1.29 is 19.3 Å². The number of fused-ring (bicyclic) bond motifs is 2. The van der Waals surface area contributed by atoms with E-state index in [0.29, 0.717) is 26.4 Å². The van der Waals surface area contributed by atoms with Crippen LogP contribution in [-0.2, 0) is 17.7 Å². The highest BCUT2D eigenvalue weighted by Crippen LogP contribution is 2.30. The molecule has 2 aliphatic heterocycles. The zero-order chi connectivity index (χ0) is 17.8. The van der Waals surface area contributed by atoms with E-state index in [0.717, 1.165) is 31.0 Å². The fraction of sp³-hybridized carbons (Fsp3) is 0.429. The fourth-order valence-corrected chi connectivity index (χ4v) is 3.54. The Hall–Kier alpha value is -2.08. The van der Waals surface area contributed by atoms with Crippen LogP contribution in [0.25, 0.3) is 0 Å². The summed E-state index contributed by atoms with van der Waals surface area (Å²) in [6, 6.07) is 16.2. The van der Waals surface area contributed by atoms with Crippen LogP contribution in [-0.4, -0.2) is 55.1 Å². The van der Waals surface area contributed by atoms with Gasteiger partial charge in [0.05, 0.1) is 19.3 Å². The molecule has 5 nitrogen and oxygen atoms in total. The maximum atomic E-state index is 10.3. The quantitative estimate of drug-likeness (QED) is 0.861. The van der Waals surface area contributed by atoms with E-state index in [9.17, 15) is 5.11 Å². The second-order valence-corrected chi connectivity index (χ2v) is 6.94. The number of aliphatic hydroxyl groups excluding tert-OH is 1. The molecule has 0 spiro atoms. The van der Waals surface area contributed by atoms with Gasteiger partial charge in [0.25, 0.3) is 0 Å². The van der Waals surface area contributed by atoms with Crippen molar-refractivity contribution in [1.82, 2.24) is 4.90 Å². The Bertz CT molecular complexity index is 735. The average Bonchev–Trinajstić information content (AvgIpc) is 2.68. The number of rotatable bonds is 6. The Labute approximate surface area is 154 Å². The summed E-state index contributed by atoms with van der Waals surface area (Å²) >= 11 is 0. The second-order valence-electron chi connectivity index (χ2n) is 6.94. The van der Waals surface area contributed by atoms with Crippen LogP contribution in [0.3, 0.4) is 0 Å². The fourth-order valence-electron chi connectivity index (χ4n) is 3.54. The van der Waals surface area contributed by atoms with Crippen molar-refractivity contribution in [3.8, 4) is 11.5 Å². The van der Waals surface area contributed by atoms with Gasteiger partial charge in [-0.15, -0.1) is 0 Å². The van der Waals surface area contributed by atoms with E-state index in [1.54, 1.807) is 0 Å². The normalized spacial score (nSPS) is 20.4. The number of nitrogens with zero attached hydrogens (tertiary/aromatic N) is 1. The van der Waals surface area contributed by atoms with Crippen LogP contribution in [0.4, 0.5) is 0 Å². The lowest BCUT2D eigenvalue weighted by Crippen LogP contribution is -2.39. The van der Waals surface area contributed by atoms with Crippen molar-refractivity contribution in [2.45, 2.75) is 25.2 Å². The number of β-amino-alcohol motifs (C(OH)–C–C–N with tert-alkyl or cyclic N) is 1. The molecule has 0 radical (unpaired) electrons. The third-order valence-corrected chi connectivity index (χ3v) is 4.86. The molecular weight excluding hydrogens is 330 g/mol. The molecule has 4 rings (SSSR count). The number of hydrogen-bond donors (Lipinski definition) is 1. The second kappa shape index (κ2) is 8.08. The molecule has 0 aliphatic carbocycles. The Balaban J connectivity index is 1.19. The minimum Gasteiger partial charge on any atom is -0.486 e. The first-order valence-electron chi connectivity index (χ1n) is 9.21. The van der Waals surface area contributed by atoms with E-state index in [1.165, 1.54) is 11.1 Å². The molecule has 0 saturated carbocycles. The molecule has 5 heteroatoms. The van der Waals surface area contributed by atoms with Crippen LogP contribution >= 0.6 is 0 Å². The van der Waals surface area contributed by atoms with Crippen molar-refractivity contribution in [2.24, 2.45) is 0 Å². The van der Waals surface area contributed by atoms with E-state index in [-0.39, 0.29) is 6.10 Å². The Morgan fingerprint density at radius 1 is 1.08 bits per heavy atom. The minimum atomic E-state index is -0.503. The van der Waals surface area contributed by atoms with Crippen molar-refractivity contribution in [3.05, 3.63) is 59.7 Å². The predicted octanol–water partition coefficient (Wildman–Crippen LogP) is 2.26. The molecule has 2 aromatic rings. The highest BCUT2D eigenvalue weighted by atomic mass is 16.6. The number of para-hydroxylation sites is 2.